The van der Waals surface area contributed by atoms with Crippen LogP contribution in [0.3, 0.4) is 0 Å². The van der Waals surface area contributed by atoms with Gasteiger partial charge in [-0.1, -0.05) is 12.1 Å². The van der Waals surface area contributed by atoms with Gasteiger partial charge in [-0.05, 0) is 12.1 Å². The van der Waals surface area contributed by atoms with E-state index in [1.165, 1.54) is 16.3 Å². The Balaban J connectivity index is 1.67. The van der Waals surface area contributed by atoms with Crippen molar-refractivity contribution in [1.82, 2.24) is 14.5 Å². The van der Waals surface area contributed by atoms with Gasteiger partial charge in [-0.15, -0.1) is 11.3 Å². The summed E-state index contributed by atoms with van der Waals surface area (Å²) in [7, 11) is 0. The molecule has 0 spiro atoms. The fourth-order valence-electron chi connectivity index (χ4n) is 2.11. The average Bonchev–Trinajstić information content (AvgIpc) is 3.03. The molecule has 3 rings (SSSR count). The first kappa shape index (κ1) is 15.8. The Labute approximate surface area is 140 Å². The van der Waals surface area contributed by atoms with Crippen molar-refractivity contribution in [2.75, 3.05) is 5.32 Å². The summed E-state index contributed by atoms with van der Waals surface area (Å²) in [6.45, 7) is 0.191. The second-order valence-corrected chi connectivity index (χ2v) is 5.82. The van der Waals surface area contributed by atoms with Gasteiger partial charge in [0.25, 0.3) is 11.5 Å². The zero-order valence-electron chi connectivity index (χ0n) is 12.4. The smallest absolute Gasteiger partial charge is 0.268 e. The minimum Gasteiger partial charge on any atom is -0.364 e. The largest absolute Gasteiger partial charge is 0.364 e. The monoisotopic (exact) mass is 343 g/mol. The number of anilines is 1. The molecule has 24 heavy (non-hydrogen) atoms. The van der Waals surface area contributed by atoms with E-state index in [9.17, 15) is 14.4 Å². The number of aromatic nitrogens is 3. The zero-order valence-corrected chi connectivity index (χ0v) is 13.2. The first-order chi connectivity index (χ1) is 11.5. The van der Waals surface area contributed by atoms with Crippen LogP contribution >= 0.6 is 11.3 Å². The number of primary amides is 1. The molecular weight excluding hydrogens is 330 g/mol. The first-order valence-electron chi connectivity index (χ1n) is 7.04. The molecule has 0 fully saturated rings. The Morgan fingerprint density at radius 3 is 2.83 bits per heavy atom. The van der Waals surface area contributed by atoms with E-state index in [0.29, 0.717) is 10.9 Å². The number of amides is 2. The van der Waals surface area contributed by atoms with Crippen LogP contribution in [0.4, 0.5) is 5.13 Å². The summed E-state index contributed by atoms with van der Waals surface area (Å²) in [5, 5.41) is 4.83. The van der Waals surface area contributed by atoms with Crippen molar-refractivity contribution in [2.24, 2.45) is 5.73 Å². The Bertz CT molecular complexity index is 978. The van der Waals surface area contributed by atoms with Crippen LogP contribution in [0.5, 0.6) is 0 Å². The highest BCUT2D eigenvalue weighted by Crippen LogP contribution is 2.15. The molecule has 2 amide bonds. The van der Waals surface area contributed by atoms with E-state index in [4.69, 9.17) is 5.73 Å². The second-order valence-electron chi connectivity index (χ2n) is 4.96. The van der Waals surface area contributed by atoms with Crippen molar-refractivity contribution in [2.45, 2.75) is 13.0 Å². The standard InChI is InChI=1S/C15H13N5O3S/c16-13(22)11-7-24-15(18-11)19-12(21)5-6-20-8-17-10-4-2-1-3-9(10)14(20)23/h1-4,7-8H,5-6H2,(H2,16,22)(H,18,19,21). The zero-order chi connectivity index (χ0) is 17.1. The molecular formula is C15H13N5O3S. The molecule has 122 valence electrons. The molecule has 3 N–H and O–H groups in total. The first-order valence-corrected chi connectivity index (χ1v) is 7.92. The number of nitrogens with zero attached hydrogens (tertiary/aromatic N) is 3. The van der Waals surface area contributed by atoms with Crippen LogP contribution in [-0.4, -0.2) is 26.3 Å². The predicted molar refractivity (Wildman–Crippen MR) is 89.9 cm³/mol. The van der Waals surface area contributed by atoms with Crippen LogP contribution in [-0.2, 0) is 11.3 Å². The highest BCUT2D eigenvalue weighted by molar-refractivity contribution is 7.14. The molecule has 0 aliphatic heterocycles. The molecule has 0 saturated heterocycles. The number of thiazole rings is 1. The summed E-state index contributed by atoms with van der Waals surface area (Å²) in [4.78, 5) is 43.3. The van der Waals surface area contributed by atoms with E-state index in [1.807, 2.05) is 0 Å². The fraction of sp³-hybridized carbons (Fsp3) is 0.133. The number of fused-ring (bicyclic) bond motifs is 1. The summed E-state index contributed by atoms with van der Waals surface area (Å²) in [6.07, 6.45) is 1.50. The van der Waals surface area contributed by atoms with Gasteiger partial charge >= 0.3 is 0 Å². The molecule has 0 radical (unpaired) electrons. The maximum absolute atomic E-state index is 12.3. The summed E-state index contributed by atoms with van der Waals surface area (Å²) in [6, 6.07) is 7.02. The van der Waals surface area contributed by atoms with E-state index in [-0.39, 0.29) is 35.3 Å². The molecule has 9 heteroatoms. The molecule has 3 aromatic rings. The number of carbonyl (C=O) groups is 2. The molecule has 0 bridgehead atoms. The summed E-state index contributed by atoms with van der Waals surface area (Å²) < 4.78 is 1.39. The lowest BCUT2D eigenvalue weighted by Gasteiger charge is -2.06. The predicted octanol–water partition coefficient (Wildman–Crippen LogP) is 0.981. The number of para-hydroxylation sites is 1. The minimum absolute atomic E-state index is 0.0748. The van der Waals surface area contributed by atoms with E-state index < -0.39 is 5.91 Å². The van der Waals surface area contributed by atoms with Crippen LogP contribution in [0.15, 0.2) is 40.8 Å². The van der Waals surface area contributed by atoms with Gasteiger partial charge in [-0.2, -0.15) is 0 Å². The van der Waals surface area contributed by atoms with Crippen molar-refractivity contribution in [3.63, 3.8) is 0 Å². The van der Waals surface area contributed by atoms with E-state index >= 15 is 0 Å². The summed E-state index contributed by atoms with van der Waals surface area (Å²) in [5.74, 6) is -0.971. The SMILES string of the molecule is NC(=O)c1csc(NC(=O)CCn2cnc3ccccc3c2=O)n1. The Hall–Kier alpha value is -3.07. The number of carbonyl (C=O) groups excluding carboxylic acids is 2. The number of nitrogens with two attached hydrogens (primary N) is 1. The van der Waals surface area contributed by atoms with Gasteiger partial charge in [-0.25, -0.2) is 9.97 Å². The third-order valence-corrected chi connectivity index (χ3v) is 4.07. The minimum atomic E-state index is -0.652. The van der Waals surface area contributed by atoms with Gasteiger partial charge in [-0.3, -0.25) is 19.0 Å². The molecule has 0 aliphatic rings. The number of rotatable bonds is 5. The lowest BCUT2D eigenvalue weighted by Crippen LogP contribution is -2.23. The summed E-state index contributed by atoms with van der Waals surface area (Å²) in [5.41, 5.74) is 5.62. The van der Waals surface area contributed by atoms with Crippen LogP contribution in [0.2, 0.25) is 0 Å². The number of hydrogen-bond acceptors (Lipinski definition) is 6. The van der Waals surface area contributed by atoms with Crippen molar-refractivity contribution < 1.29 is 9.59 Å². The van der Waals surface area contributed by atoms with Crippen LogP contribution < -0.4 is 16.6 Å². The Morgan fingerprint density at radius 2 is 2.08 bits per heavy atom. The van der Waals surface area contributed by atoms with Gasteiger partial charge in [0.2, 0.25) is 5.91 Å². The quantitative estimate of drug-likeness (QED) is 0.715. The molecule has 2 heterocycles. The second kappa shape index (κ2) is 6.59. The lowest BCUT2D eigenvalue weighted by atomic mass is 10.2. The molecule has 0 aliphatic carbocycles. The third kappa shape index (κ3) is 3.30. The average molecular weight is 343 g/mol. The van der Waals surface area contributed by atoms with Crippen LogP contribution in [0, 0.1) is 0 Å². The molecule has 0 saturated carbocycles. The van der Waals surface area contributed by atoms with Gasteiger partial charge in [0.15, 0.2) is 5.13 Å². The Morgan fingerprint density at radius 1 is 1.29 bits per heavy atom. The van der Waals surface area contributed by atoms with E-state index in [2.05, 4.69) is 15.3 Å². The molecule has 0 unspecified atom stereocenters. The fourth-order valence-corrected chi connectivity index (χ4v) is 2.83. The highest BCUT2D eigenvalue weighted by atomic mass is 32.1. The van der Waals surface area contributed by atoms with Gasteiger partial charge in [0.05, 0.1) is 17.2 Å². The number of nitrogens with one attached hydrogen (secondary N) is 1. The maximum Gasteiger partial charge on any atom is 0.268 e. The lowest BCUT2D eigenvalue weighted by molar-refractivity contribution is -0.116. The van der Waals surface area contributed by atoms with Gasteiger partial charge in [0, 0.05) is 18.3 Å². The number of aryl methyl sites for hydroxylation is 1. The van der Waals surface area contributed by atoms with Gasteiger partial charge < -0.3 is 11.1 Å². The topological polar surface area (TPSA) is 120 Å². The molecule has 0 atom stereocenters. The van der Waals surface area contributed by atoms with Crippen molar-refractivity contribution in [3.05, 3.63) is 52.0 Å². The highest BCUT2D eigenvalue weighted by Gasteiger charge is 2.10. The Kier molecular flexibility index (Phi) is 4.34. The molecule has 1 aromatic carbocycles. The number of benzene rings is 1. The van der Waals surface area contributed by atoms with E-state index in [1.54, 1.807) is 24.3 Å². The van der Waals surface area contributed by atoms with Crippen molar-refractivity contribution in [1.29, 1.82) is 0 Å². The van der Waals surface area contributed by atoms with Crippen molar-refractivity contribution in [3.8, 4) is 0 Å². The molecule has 8 nitrogen and oxygen atoms in total. The maximum atomic E-state index is 12.3. The normalized spacial score (nSPS) is 10.7. The van der Waals surface area contributed by atoms with E-state index in [0.717, 1.165) is 11.3 Å². The summed E-state index contributed by atoms with van der Waals surface area (Å²) >= 11 is 1.11. The van der Waals surface area contributed by atoms with Crippen molar-refractivity contribution >= 4 is 39.2 Å². The number of hydrogen-bond donors (Lipinski definition) is 2. The van der Waals surface area contributed by atoms with Crippen LogP contribution in [0.25, 0.3) is 10.9 Å². The molecule has 2 aromatic heterocycles. The third-order valence-electron chi connectivity index (χ3n) is 3.31. The van der Waals surface area contributed by atoms with Gasteiger partial charge in [0.1, 0.15) is 5.69 Å². The van der Waals surface area contributed by atoms with Crippen LogP contribution in [0.1, 0.15) is 16.9 Å².